The van der Waals surface area contributed by atoms with Gasteiger partial charge in [-0.3, -0.25) is 4.79 Å². The van der Waals surface area contributed by atoms with Gasteiger partial charge in [0.25, 0.3) is 0 Å². The monoisotopic (exact) mass is 245 g/mol. The Morgan fingerprint density at radius 2 is 1.61 bits per heavy atom. The molecule has 0 amide bonds. The molecule has 0 heterocycles. The molecule has 1 N–H and O–H groups in total. The van der Waals surface area contributed by atoms with Gasteiger partial charge in [-0.1, -0.05) is 27.7 Å². The SMILES string of the molecule is CNc1cc(C(C)C)c(C(C)C)cc1/C=C\C=O. The summed E-state index contributed by atoms with van der Waals surface area (Å²) in [4.78, 5) is 10.5. The number of carbonyl (C=O) groups is 1. The number of benzene rings is 1. The summed E-state index contributed by atoms with van der Waals surface area (Å²) in [6.07, 6.45) is 4.20. The van der Waals surface area contributed by atoms with Crippen LogP contribution in [0.15, 0.2) is 18.2 Å². The third kappa shape index (κ3) is 3.22. The average Bonchev–Trinajstić information content (AvgIpc) is 2.34. The summed E-state index contributed by atoms with van der Waals surface area (Å²) in [5.74, 6) is 0.982. The van der Waals surface area contributed by atoms with Crippen molar-refractivity contribution in [2.24, 2.45) is 0 Å². The number of aldehydes is 1. The van der Waals surface area contributed by atoms with Crippen LogP contribution in [0.3, 0.4) is 0 Å². The second kappa shape index (κ2) is 6.39. The average molecular weight is 245 g/mol. The lowest BCUT2D eigenvalue weighted by molar-refractivity contribution is -0.104. The number of nitrogens with one attached hydrogen (secondary N) is 1. The first-order valence-corrected chi connectivity index (χ1v) is 6.48. The second-order valence-electron chi connectivity index (χ2n) is 5.12. The van der Waals surface area contributed by atoms with E-state index in [4.69, 9.17) is 0 Å². The summed E-state index contributed by atoms with van der Waals surface area (Å²) >= 11 is 0. The van der Waals surface area contributed by atoms with Crippen LogP contribution in [0.4, 0.5) is 5.69 Å². The molecule has 0 bridgehead atoms. The van der Waals surface area contributed by atoms with Crippen LogP contribution in [0, 0.1) is 0 Å². The predicted molar refractivity (Wildman–Crippen MR) is 79.3 cm³/mol. The van der Waals surface area contributed by atoms with Crippen LogP contribution in [0.25, 0.3) is 6.08 Å². The van der Waals surface area contributed by atoms with Crippen molar-refractivity contribution in [2.45, 2.75) is 39.5 Å². The molecule has 0 unspecified atom stereocenters. The van der Waals surface area contributed by atoms with E-state index in [9.17, 15) is 4.79 Å². The Morgan fingerprint density at radius 1 is 1.06 bits per heavy atom. The summed E-state index contributed by atoms with van der Waals surface area (Å²) in [5, 5.41) is 3.20. The fraction of sp³-hybridized carbons (Fsp3) is 0.438. The highest BCUT2D eigenvalue weighted by Gasteiger charge is 2.13. The molecule has 0 saturated heterocycles. The van der Waals surface area contributed by atoms with Gasteiger partial charge < -0.3 is 5.32 Å². The van der Waals surface area contributed by atoms with Gasteiger partial charge in [0.1, 0.15) is 6.29 Å². The van der Waals surface area contributed by atoms with E-state index in [0.717, 1.165) is 17.5 Å². The highest BCUT2D eigenvalue weighted by molar-refractivity contribution is 5.78. The van der Waals surface area contributed by atoms with Gasteiger partial charge in [0, 0.05) is 12.7 Å². The van der Waals surface area contributed by atoms with Crippen molar-refractivity contribution >= 4 is 18.0 Å². The Labute approximate surface area is 110 Å². The number of rotatable bonds is 5. The van der Waals surface area contributed by atoms with Gasteiger partial charge in [-0.2, -0.15) is 0 Å². The number of anilines is 1. The van der Waals surface area contributed by atoms with Gasteiger partial charge in [-0.05, 0) is 52.8 Å². The molecule has 0 aliphatic heterocycles. The van der Waals surface area contributed by atoms with Gasteiger partial charge in [-0.15, -0.1) is 0 Å². The van der Waals surface area contributed by atoms with Crippen molar-refractivity contribution in [3.8, 4) is 0 Å². The molecule has 0 atom stereocenters. The fourth-order valence-corrected chi connectivity index (χ4v) is 2.15. The van der Waals surface area contributed by atoms with Crippen LogP contribution in [0.5, 0.6) is 0 Å². The minimum atomic E-state index is 0.483. The van der Waals surface area contributed by atoms with E-state index in [1.807, 2.05) is 13.1 Å². The molecular weight excluding hydrogens is 222 g/mol. The van der Waals surface area contributed by atoms with Gasteiger partial charge in [0.15, 0.2) is 0 Å². The molecule has 0 fully saturated rings. The summed E-state index contributed by atoms with van der Waals surface area (Å²) in [5.41, 5.74) is 4.87. The Balaban J connectivity index is 3.40. The van der Waals surface area contributed by atoms with Crippen molar-refractivity contribution < 1.29 is 4.79 Å². The molecule has 0 aromatic heterocycles. The Bertz CT molecular complexity index is 445. The molecule has 0 spiro atoms. The van der Waals surface area contributed by atoms with Crippen LogP contribution in [-0.2, 0) is 4.79 Å². The zero-order chi connectivity index (χ0) is 13.7. The van der Waals surface area contributed by atoms with E-state index in [1.54, 1.807) is 0 Å². The predicted octanol–water partition coefficient (Wildman–Crippen LogP) is 4.19. The highest BCUT2D eigenvalue weighted by Crippen LogP contribution is 2.32. The number of allylic oxidation sites excluding steroid dienone is 1. The second-order valence-corrected chi connectivity index (χ2v) is 5.12. The Kier molecular flexibility index (Phi) is 5.14. The molecule has 2 nitrogen and oxygen atoms in total. The first-order chi connectivity index (χ1) is 8.51. The lowest BCUT2D eigenvalue weighted by Crippen LogP contribution is -2.02. The molecule has 0 aliphatic carbocycles. The Hall–Kier alpha value is -1.57. The smallest absolute Gasteiger partial charge is 0.142 e. The quantitative estimate of drug-likeness (QED) is 0.622. The maximum absolute atomic E-state index is 10.5. The Morgan fingerprint density at radius 3 is 2.06 bits per heavy atom. The summed E-state index contributed by atoms with van der Waals surface area (Å²) in [7, 11) is 1.91. The molecule has 1 rings (SSSR count). The topological polar surface area (TPSA) is 29.1 Å². The molecule has 1 aromatic rings. The largest absolute Gasteiger partial charge is 0.388 e. The van der Waals surface area contributed by atoms with E-state index in [-0.39, 0.29) is 0 Å². The van der Waals surface area contributed by atoms with E-state index in [2.05, 4.69) is 45.1 Å². The van der Waals surface area contributed by atoms with E-state index in [0.29, 0.717) is 11.8 Å². The van der Waals surface area contributed by atoms with Crippen LogP contribution < -0.4 is 5.32 Å². The third-order valence-corrected chi connectivity index (χ3v) is 3.12. The zero-order valence-corrected chi connectivity index (χ0v) is 11.9. The lowest BCUT2D eigenvalue weighted by atomic mass is 9.88. The minimum Gasteiger partial charge on any atom is -0.388 e. The maximum atomic E-state index is 10.5. The molecule has 0 radical (unpaired) electrons. The van der Waals surface area contributed by atoms with Crippen molar-refractivity contribution in [1.82, 2.24) is 0 Å². The van der Waals surface area contributed by atoms with Gasteiger partial charge in [0.05, 0.1) is 0 Å². The molecule has 1 aromatic carbocycles. The van der Waals surface area contributed by atoms with Gasteiger partial charge >= 0.3 is 0 Å². The highest BCUT2D eigenvalue weighted by atomic mass is 16.1. The van der Waals surface area contributed by atoms with E-state index in [1.165, 1.54) is 17.2 Å². The fourth-order valence-electron chi connectivity index (χ4n) is 2.15. The van der Waals surface area contributed by atoms with E-state index < -0.39 is 0 Å². The van der Waals surface area contributed by atoms with Crippen LogP contribution >= 0.6 is 0 Å². The molecule has 0 saturated carbocycles. The maximum Gasteiger partial charge on any atom is 0.142 e. The van der Waals surface area contributed by atoms with Crippen LogP contribution in [0.2, 0.25) is 0 Å². The van der Waals surface area contributed by atoms with Crippen molar-refractivity contribution in [2.75, 3.05) is 12.4 Å². The number of hydrogen-bond acceptors (Lipinski definition) is 2. The summed E-state index contributed by atoms with van der Waals surface area (Å²) < 4.78 is 0. The molecule has 0 aliphatic rings. The standard InChI is InChI=1S/C16H23NO/c1-11(2)14-9-13(7-6-8-18)16(17-5)10-15(14)12(3)4/h6-12,17H,1-5H3/b7-6-. The number of hydrogen-bond donors (Lipinski definition) is 1. The molecule has 98 valence electrons. The van der Waals surface area contributed by atoms with Crippen molar-refractivity contribution in [1.29, 1.82) is 0 Å². The zero-order valence-electron chi connectivity index (χ0n) is 11.9. The molecule has 2 heteroatoms. The molecule has 18 heavy (non-hydrogen) atoms. The normalized spacial score (nSPS) is 11.5. The van der Waals surface area contributed by atoms with Crippen molar-refractivity contribution in [3.05, 3.63) is 34.9 Å². The summed E-state index contributed by atoms with van der Waals surface area (Å²) in [6, 6.07) is 4.39. The van der Waals surface area contributed by atoms with E-state index >= 15 is 0 Å². The minimum absolute atomic E-state index is 0.483. The third-order valence-electron chi connectivity index (χ3n) is 3.12. The van der Waals surface area contributed by atoms with Crippen molar-refractivity contribution in [3.63, 3.8) is 0 Å². The first kappa shape index (κ1) is 14.5. The summed E-state index contributed by atoms with van der Waals surface area (Å²) in [6.45, 7) is 8.82. The van der Waals surface area contributed by atoms with Crippen LogP contribution in [0.1, 0.15) is 56.2 Å². The first-order valence-electron chi connectivity index (χ1n) is 6.48. The number of carbonyl (C=O) groups excluding carboxylic acids is 1. The molecular formula is C16H23NO. The lowest BCUT2D eigenvalue weighted by Gasteiger charge is -2.19. The van der Waals surface area contributed by atoms with Gasteiger partial charge in [0.2, 0.25) is 0 Å². The van der Waals surface area contributed by atoms with Gasteiger partial charge in [-0.25, -0.2) is 0 Å². The van der Waals surface area contributed by atoms with Crippen LogP contribution in [-0.4, -0.2) is 13.3 Å².